The van der Waals surface area contributed by atoms with E-state index in [9.17, 15) is 0 Å². The molecule has 7 rings (SSSR count). The minimum Gasteiger partial charge on any atom is -0.0619 e. The van der Waals surface area contributed by atoms with Crippen LogP contribution in [0.2, 0.25) is 0 Å². The van der Waals surface area contributed by atoms with Crippen LogP contribution in [0.3, 0.4) is 0 Å². The van der Waals surface area contributed by atoms with Crippen molar-refractivity contribution in [2.75, 3.05) is 0 Å². The summed E-state index contributed by atoms with van der Waals surface area (Å²) in [5, 5.41) is 0. The zero-order valence-corrected chi connectivity index (χ0v) is 22.5. The molecule has 0 unspecified atom stereocenters. The molecule has 3 aliphatic carbocycles. The Labute approximate surface area is 216 Å². The summed E-state index contributed by atoms with van der Waals surface area (Å²) < 4.78 is 0. The maximum absolute atomic E-state index is 2.53. The molecule has 0 radical (unpaired) electrons. The van der Waals surface area contributed by atoms with Crippen molar-refractivity contribution in [1.29, 1.82) is 0 Å². The maximum atomic E-state index is 2.53. The van der Waals surface area contributed by atoms with Crippen LogP contribution in [0.15, 0.2) is 66.7 Å². The van der Waals surface area contributed by atoms with Crippen LogP contribution in [0.5, 0.6) is 0 Å². The second-order valence-electron chi connectivity index (χ2n) is 13.3. The molecule has 180 valence electrons. The van der Waals surface area contributed by atoms with Crippen LogP contribution >= 0.6 is 0 Å². The van der Waals surface area contributed by atoms with Crippen molar-refractivity contribution >= 4 is 0 Å². The minimum absolute atomic E-state index is 0.0857. The second kappa shape index (κ2) is 7.22. The molecule has 0 heteroatoms. The van der Waals surface area contributed by atoms with E-state index in [1.807, 2.05) is 0 Å². The van der Waals surface area contributed by atoms with E-state index in [4.69, 9.17) is 0 Å². The number of hydrogen-bond acceptors (Lipinski definition) is 0. The van der Waals surface area contributed by atoms with Crippen molar-refractivity contribution in [3.63, 3.8) is 0 Å². The molecular weight excluding hydrogens is 432 g/mol. The highest BCUT2D eigenvalue weighted by molar-refractivity contribution is 5.89. The Hall–Kier alpha value is -3.12. The van der Waals surface area contributed by atoms with Crippen LogP contribution in [0, 0.1) is 0 Å². The molecule has 4 aromatic carbocycles. The van der Waals surface area contributed by atoms with E-state index in [1.165, 1.54) is 62.9 Å². The third kappa shape index (κ3) is 2.94. The summed E-state index contributed by atoms with van der Waals surface area (Å²) in [6, 6.07) is 25.9. The highest BCUT2D eigenvalue weighted by Gasteiger charge is 2.41. The van der Waals surface area contributed by atoms with Crippen LogP contribution in [0.1, 0.15) is 97.5 Å². The van der Waals surface area contributed by atoms with Gasteiger partial charge in [0.2, 0.25) is 0 Å². The molecule has 0 aliphatic heterocycles. The molecule has 0 fully saturated rings. The van der Waals surface area contributed by atoms with Gasteiger partial charge in [-0.2, -0.15) is 0 Å². The third-order valence-corrected chi connectivity index (χ3v) is 8.97. The van der Waals surface area contributed by atoms with Crippen molar-refractivity contribution in [3.8, 4) is 22.3 Å². The molecule has 0 aromatic heterocycles. The fourth-order valence-corrected chi connectivity index (χ4v) is 7.26. The highest BCUT2D eigenvalue weighted by Crippen LogP contribution is 2.57. The SMILES string of the molecule is CC(C)(C)c1cccc2c1-c1c(cccc1C(C)(C)C)C2c1c2c(cc3c1Cc1ccccc1-3)CC2. The Kier molecular flexibility index (Phi) is 4.43. The number of hydrogen-bond donors (Lipinski definition) is 0. The van der Waals surface area contributed by atoms with Gasteiger partial charge in [0.25, 0.3) is 0 Å². The summed E-state index contributed by atoms with van der Waals surface area (Å²) in [5.41, 5.74) is 20.1. The molecule has 3 aliphatic rings. The summed E-state index contributed by atoms with van der Waals surface area (Å²) >= 11 is 0. The van der Waals surface area contributed by atoms with Gasteiger partial charge in [0.1, 0.15) is 0 Å². The van der Waals surface area contributed by atoms with Crippen molar-refractivity contribution in [2.24, 2.45) is 0 Å². The minimum atomic E-state index is 0.0857. The van der Waals surface area contributed by atoms with E-state index in [1.54, 1.807) is 22.3 Å². The summed E-state index contributed by atoms with van der Waals surface area (Å²) in [6.45, 7) is 14.2. The quantitative estimate of drug-likeness (QED) is 0.226. The Balaban J connectivity index is 1.58. The topological polar surface area (TPSA) is 0 Å². The average Bonchev–Trinajstić information content (AvgIpc) is 3.34. The highest BCUT2D eigenvalue weighted by atomic mass is 14.4. The molecule has 0 N–H and O–H groups in total. The number of rotatable bonds is 1. The van der Waals surface area contributed by atoms with Gasteiger partial charge in [-0.25, -0.2) is 0 Å². The lowest BCUT2D eigenvalue weighted by Gasteiger charge is -2.30. The van der Waals surface area contributed by atoms with E-state index in [-0.39, 0.29) is 10.8 Å². The number of benzene rings is 4. The first kappa shape index (κ1) is 22.1. The van der Waals surface area contributed by atoms with E-state index in [2.05, 4.69) is 108 Å². The molecule has 0 spiro atoms. The molecular formula is C36H36. The van der Waals surface area contributed by atoms with Gasteiger partial charge < -0.3 is 0 Å². The summed E-state index contributed by atoms with van der Waals surface area (Å²) in [7, 11) is 0. The first-order valence-corrected chi connectivity index (χ1v) is 13.7. The molecule has 0 nitrogen and oxygen atoms in total. The van der Waals surface area contributed by atoms with Gasteiger partial charge >= 0.3 is 0 Å². The molecule has 36 heavy (non-hydrogen) atoms. The molecule has 4 aromatic rings. The predicted molar refractivity (Wildman–Crippen MR) is 152 cm³/mol. The van der Waals surface area contributed by atoms with Crippen molar-refractivity contribution < 1.29 is 0 Å². The molecule has 0 atom stereocenters. The zero-order chi connectivity index (χ0) is 25.0. The normalized spacial score (nSPS) is 15.6. The summed E-state index contributed by atoms with van der Waals surface area (Å²) in [6.07, 6.45) is 3.49. The smallest absolute Gasteiger partial charge is 0.0358 e. The maximum Gasteiger partial charge on any atom is 0.0358 e. The first-order valence-electron chi connectivity index (χ1n) is 13.7. The summed E-state index contributed by atoms with van der Waals surface area (Å²) in [5.74, 6) is 0.318. The second-order valence-corrected chi connectivity index (χ2v) is 13.3. The van der Waals surface area contributed by atoms with Crippen molar-refractivity contribution in [3.05, 3.63) is 117 Å². The standard InChI is InChI=1S/C36H36/c1-35(2,3)29-15-9-13-25-32(26-14-10-16-30(36(4,5)6)34(26)33(25)29)31-24-18-17-22(24)19-27-23-12-8-7-11-21(23)20-28(27)31/h7-16,19,32H,17-18,20H2,1-6H3. The predicted octanol–water partition coefficient (Wildman–Crippen LogP) is 9.11. The van der Waals surface area contributed by atoms with Crippen LogP contribution in [0.25, 0.3) is 22.3 Å². The lowest BCUT2D eigenvalue weighted by Crippen LogP contribution is -2.18. The van der Waals surface area contributed by atoms with Crippen LogP contribution < -0.4 is 0 Å². The van der Waals surface area contributed by atoms with Crippen LogP contribution in [-0.4, -0.2) is 0 Å². The molecule has 0 amide bonds. The van der Waals surface area contributed by atoms with Gasteiger partial charge in [-0.05, 0) is 102 Å². The lowest BCUT2D eigenvalue weighted by molar-refractivity contribution is 0.585. The lowest BCUT2D eigenvalue weighted by atomic mass is 9.73. The monoisotopic (exact) mass is 468 g/mol. The average molecular weight is 469 g/mol. The van der Waals surface area contributed by atoms with E-state index in [0.717, 1.165) is 6.42 Å². The first-order chi connectivity index (χ1) is 17.1. The largest absolute Gasteiger partial charge is 0.0619 e. The molecule has 0 heterocycles. The van der Waals surface area contributed by atoms with E-state index in [0.29, 0.717) is 5.92 Å². The van der Waals surface area contributed by atoms with Gasteiger partial charge in [-0.15, -0.1) is 0 Å². The fraction of sp³-hybridized carbons (Fsp3) is 0.333. The number of fused-ring (bicyclic) bond motifs is 7. The Morgan fingerprint density at radius 3 is 1.75 bits per heavy atom. The fourth-order valence-electron chi connectivity index (χ4n) is 7.26. The molecule has 0 saturated carbocycles. The van der Waals surface area contributed by atoms with Gasteiger partial charge in [0, 0.05) is 5.92 Å². The Bertz CT molecular complexity index is 1500. The van der Waals surface area contributed by atoms with E-state index < -0.39 is 0 Å². The van der Waals surface area contributed by atoms with Gasteiger partial charge in [0.05, 0.1) is 0 Å². The van der Waals surface area contributed by atoms with Gasteiger partial charge in [-0.1, -0.05) is 108 Å². The van der Waals surface area contributed by atoms with Crippen molar-refractivity contribution in [1.82, 2.24) is 0 Å². The number of aryl methyl sites for hydroxylation is 1. The van der Waals surface area contributed by atoms with Crippen LogP contribution in [-0.2, 0) is 30.1 Å². The Morgan fingerprint density at radius 1 is 0.583 bits per heavy atom. The summed E-state index contributed by atoms with van der Waals surface area (Å²) in [4.78, 5) is 0. The van der Waals surface area contributed by atoms with E-state index >= 15 is 0 Å². The van der Waals surface area contributed by atoms with Gasteiger partial charge in [0.15, 0.2) is 0 Å². The zero-order valence-electron chi connectivity index (χ0n) is 22.5. The Morgan fingerprint density at radius 2 is 1.19 bits per heavy atom. The van der Waals surface area contributed by atoms with Crippen LogP contribution in [0.4, 0.5) is 0 Å². The molecule has 0 saturated heterocycles. The molecule has 0 bridgehead atoms. The van der Waals surface area contributed by atoms with Crippen molar-refractivity contribution in [2.45, 2.75) is 77.6 Å². The van der Waals surface area contributed by atoms with Gasteiger partial charge in [-0.3, -0.25) is 0 Å². The third-order valence-electron chi connectivity index (χ3n) is 8.97.